The molecule has 3 aromatic heterocycles. The van der Waals surface area contributed by atoms with Crippen molar-refractivity contribution >= 4 is 11.7 Å². The van der Waals surface area contributed by atoms with Crippen LogP contribution in [0.1, 0.15) is 16.1 Å². The van der Waals surface area contributed by atoms with Crippen molar-refractivity contribution < 1.29 is 18.0 Å². The van der Waals surface area contributed by atoms with Gasteiger partial charge in [-0.05, 0) is 18.2 Å². The Kier molecular flexibility index (Phi) is 5.46. The van der Waals surface area contributed by atoms with Crippen LogP contribution < -0.4 is 16.6 Å². The lowest BCUT2D eigenvalue weighted by Crippen LogP contribution is -2.27. The maximum Gasteiger partial charge on any atom is 0.274 e. The molecule has 1 aromatic carbocycles. The summed E-state index contributed by atoms with van der Waals surface area (Å²) in [5.74, 6) is -2.52. The average Bonchev–Trinajstić information content (AvgIpc) is 3.30. The number of nitrogens with one attached hydrogen (secondary N) is 1. The number of aromatic nitrogens is 4. The summed E-state index contributed by atoms with van der Waals surface area (Å²) < 4.78 is 34.3. The molecule has 1 amide bonds. The molecule has 3 N–H and O–H groups in total. The van der Waals surface area contributed by atoms with Crippen LogP contribution in [0.25, 0.3) is 22.8 Å². The first-order valence-electron chi connectivity index (χ1n) is 9.30. The quantitative estimate of drug-likeness (QED) is 0.489. The third kappa shape index (κ3) is 3.95. The van der Waals surface area contributed by atoms with Gasteiger partial charge in [-0.1, -0.05) is 6.07 Å². The van der Waals surface area contributed by atoms with Crippen molar-refractivity contribution in [2.75, 3.05) is 5.73 Å². The molecular weight excluding hydrogens is 422 g/mol. The summed E-state index contributed by atoms with van der Waals surface area (Å²) in [6.07, 6.45) is 4.24. The minimum Gasteiger partial charge on any atom is -0.443 e. The van der Waals surface area contributed by atoms with Gasteiger partial charge >= 0.3 is 0 Å². The van der Waals surface area contributed by atoms with Crippen LogP contribution in [-0.2, 0) is 13.6 Å². The van der Waals surface area contributed by atoms with E-state index in [9.17, 15) is 18.4 Å². The van der Waals surface area contributed by atoms with Gasteiger partial charge in [-0.25, -0.2) is 23.7 Å². The van der Waals surface area contributed by atoms with E-state index in [0.717, 1.165) is 12.1 Å². The van der Waals surface area contributed by atoms with E-state index >= 15 is 0 Å². The Balaban J connectivity index is 1.75. The fourth-order valence-electron chi connectivity index (χ4n) is 2.99. The largest absolute Gasteiger partial charge is 0.443 e. The van der Waals surface area contributed by atoms with Gasteiger partial charge < -0.3 is 20.0 Å². The van der Waals surface area contributed by atoms with Crippen LogP contribution in [0, 0.1) is 11.6 Å². The molecule has 0 saturated heterocycles. The second-order valence-electron chi connectivity index (χ2n) is 6.74. The van der Waals surface area contributed by atoms with Crippen molar-refractivity contribution in [2.45, 2.75) is 6.54 Å². The lowest BCUT2D eigenvalue weighted by atomic mass is 10.1. The number of nitrogens with two attached hydrogens (primary N) is 1. The molecule has 0 aliphatic rings. The van der Waals surface area contributed by atoms with Crippen LogP contribution >= 0.6 is 0 Å². The number of hydrogen-bond donors (Lipinski definition) is 2. The molecule has 0 aliphatic carbocycles. The normalized spacial score (nSPS) is 10.8. The van der Waals surface area contributed by atoms with E-state index in [1.807, 2.05) is 0 Å². The number of nitrogen functional groups attached to an aromatic ring is 1. The molecule has 0 spiro atoms. The van der Waals surface area contributed by atoms with Crippen LogP contribution in [-0.4, -0.2) is 25.4 Å². The SMILES string of the molecule is Cn1cc(-c2nc(C(=O)NCc3c(F)cccc3F)c(N)nc2-c2ncco2)ccc1=O. The van der Waals surface area contributed by atoms with Crippen LogP contribution in [0.3, 0.4) is 0 Å². The second kappa shape index (κ2) is 8.38. The first-order chi connectivity index (χ1) is 15.3. The predicted octanol–water partition coefficient (Wildman–Crippen LogP) is 2.29. The standard InChI is InChI=1S/C21H16F2N6O3/c1-29-10-11(5-6-15(29)30)16-17(21-25-7-8-32-21)28-19(24)18(27-16)20(31)26-9-12-13(22)3-2-4-14(12)23/h2-8,10H,9H2,1H3,(H2,24,28)(H,26,31). The number of nitrogens with zero attached hydrogens (tertiary/aromatic N) is 4. The van der Waals surface area contributed by atoms with Gasteiger partial charge in [0.15, 0.2) is 17.2 Å². The van der Waals surface area contributed by atoms with Crippen molar-refractivity contribution in [1.29, 1.82) is 0 Å². The number of oxazole rings is 1. The number of benzene rings is 1. The minimum atomic E-state index is -0.797. The monoisotopic (exact) mass is 438 g/mol. The number of hydrogen-bond acceptors (Lipinski definition) is 7. The first kappa shape index (κ1) is 20.8. The minimum absolute atomic E-state index is 0.105. The summed E-state index contributed by atoms with van der Waals surface area (Å²) in [6, 6.07) is 6.22. The van der Waals surface area contributed by atoms with Gasteiger partial charge in [-0.15, -0.1) is 0 Å². The van der Waals surface area contributed by atoms with Crippen LogP contribution in [0.2, 0.25) is 0 Å². The number of rotatable bonds is 5. The van der Waals surface area contributed by atoms with E-state index < -0.39 is 24.1 Å². The summed E-state index contributed by atoms with van der Waals surface area (Å²) in [4.78, 5) is 37.1. The van der Waals surface area contributed by atoms with Gasteiger partial charge in [0, 0.05) is 37.0 Å². The molecule has 0 atom stereocenters. The second-order valence-corrected chi connectivity index (χ2v) is 6.74. The van der Waals surface area contributed by atoms with E-state index in [-0.39, 0.29) is 39.9 Å². The predicted molar refractivity (Wildman–Crippen MR) is 110 cm³/mol. The Bertz CT molecular complexity index is 1350. The van der Waals surface area contributed by atoms with E-state index in [1.165, 1.54) is 41.4 Å². The molecule has 0 aliphatic heterocycles. The van der Waals surface area contributed by atoms with Crippen LogP contribution in [0.15, 0.2) is 58.2 Å². The highest BCUT2D eigenvalue weighted by atomic mass is 19.1. The topological polar surface area (TPSA) is 129 Å². The summed E-state index contributed by atoms with van der Waals surface area (Å²) >= 11 is 0. The van der Waals surface area contributed by atoms with E-state index in [1.54, 1.807) is 7.05 Å². The smallest absolute Gasteiger partial charge is 0.274 e. The van der Waals surface area contributed by atoms with Crippen molar-refractivity contribution in [3.05, 3.63) is 82.2 Å². The Morgan fingerprint density at radius 3 is 2.56 bits per heavy atom. The van der Waals surface area contributed by atoms with Crippen molar-refractivity contribution in [2.24, 2.45) is 7.05 Å². The molecule has 4 aromatic rings. The molecular formula is C21H16F2N6O3. The molecule has 4 rings (SSSR count). The zero-order valence-electron chi connectivity index (χ0n) is 16.7. The Morgan fingerprint density at radius 1 is 1.16 bits per heavy atom. The zero-order valence-corrected chi connectivity index (χ0v) is 16.7. The van der Waals surface area contributed by atoms with Gasteiger partial charge in [0.1, 0.15) is 23.6 Å². The molecule has 0 saturated carbocycles. The molecule has 0 radical (unpaired) electrons. The lowest BCUT2D eigenvalue weighted by Gasteiger charge is -2.12. The highest BCUT2D eigenvalue weighted by Gasteiger charge is 2.22. The number of aryl methyl sites for hydroxylation is 1. The molecule has 32 heavy (non-hydrogen) atoms. The van der Waals surface area contributed by atoms with Gasteiger partial charge in [0.05, 0.1) is 6.20 Å². The van der Waals surface area contributed by atoms with E-state index in [4.69, 9.17) is 10.2 Å². The number of amides is 1. The molecule has 0 fully saturated rings. The van der Waals surface area contributed by atoms with Crippen molar-refractivity contribution in [1.82, 2.24) is 24.8 Å². The lowest BCUT2D eigenvalue weighted by molar-refractivity contribution is 0.0946. The molecule has 162 valence electrons. The highest BCUT2D eigenvalue weighted by Crippen LogP contribution is 2.29. The highest BCUT2D eigenvalue weighted by molar-refractivity contribution is 5.97. The molecule has 11 heteroatoms. The number of carbonyl (C=O) groups excluding carboxylic acids is 1. The molecule has 9 nitrogen and oxygen atoms in total. The molecule has 0 bridgehead atoms. The van der Waals surface area contributed by atoms with Gasteiger partial charge in [-0.2, -0.15) is 0 Å². The van der Waals surface area contributed by atoms with Gasteiger partial charge in [-0.3, -0.25) is 9.59 Å². The molecule has 3 heterocycles. The number of halogens is 2. The summed E-state index contributed by atoms with van der Waals surface area (Å²) in [5.41, 5.74) is 5.92. The van der Waals surface area contributed by atoms with Gasteiger partial charge in [0.25, 0.3) is 5.91 Å². The van der Waals surface area contributed by atoms with E-state index in [0.29, 0.717) is 5.56 Å². The average molecular weight is 438 g/mol. The van der Waals surface area contributed by atoms with Crippen LogP contribution in [0.4, 0.5) is 14.6 Å². The van der Waals surface area contributed by atoms with E-state index in [2.05, 4.69) is 20.3 Å². The Hall–Kier alpha value is -4.41. The molecule has 0 unspecified atom stereocenters. The number of carbonyl (C=O) groups is 1. The van der Waals surface area contributed by atoms with Crippen molar-refractivity contribution in [3.63, 3.8) is 0 Å². The summed E-state index contributed by atoms with van der Waals surface area (Å²) in [6.45, 7) is -0.422. The summed E-state index contributed by atoms with van der Waals surface area (Å²) in [7, 11) is 1.55. The Labute approximate surface area is 179 Å². The maximum absolute atomic E-state index is 13.9. The summed E-state index contributed by atoms with van der Waals surface area (Å²) in [5, 5.41) is 2.40. The maximum atomic E-state index is 13.9. The number of pyridine rings is 1. The fourth-order valence-corrected chi connectivity index (χ4v) is 2.99. The van der Waals surface area contributed by atoms with Gasteiger partial charge in [0.2, 0.25) is 11.4 Å². The number of anilines is 1. The first-order valence-corrected chi connectivity index (χ1v) is 9.30. The van der Waals surface area contributed by atoms with Crippen molar-refractivity contribution in [3.8, 4) is 22.8 Å². The van der Waals surface area contributed by atoms with Crippen LogP contribution in [0.5, 0.6) is 0 Å². The third-order valence-corrected chi connectivity index (χ3v) is 4.62. The zero-order chi connectivity index (χ0) is 22.8. The fraction of sp³-hybridized carbons (Fsp3) is 0.0952. The Morgan fingerprint density at radius 2 is 1.91 bits per heavy atom. The third-order valence-electron chi connectivity index (χ3n) is 4.62.